The number of hydrogen-bond acceptors (Lipinski definition) is 7. The lowest BCUT2D eigenvalue weighted by Crippen LogP contribution is -2.06. The van der Waals surface area contributed by atoms with Gasteiger partial charge in [0.25, 0.3) is 11.7 Å². The predicted octanol–water partition coefficient (Wildman–Crippen LogP) is 1.21. The number of hydrogen-bond donors (Lipinski definition) is 0. The van der Waals surface area contributed by atoms with Crippen LogP contribution in [-0.2, 0) is 4.74 Å². The zero-order valence-corrected chi connectivity index (χ0v) is 8.76. The molecule has 0 fully saturated rings. The smallest absolute Gasteiger partial charge is 0.379 e. The van der Waals surface area contributed by atoms with Crippen LogP contribution < -0.4 is 0 Å². The summed E-state index contributed by atoms with van der Waals surface area (Å²) < 4.78 is 14.6. The quantitative estimate of drug-likeness (QED) is 0.722. The van der Waals surface area contributed by atoms with Crippen molar-refractivity contribution in [3.63, 3.8) is 0 Å². The Kier molecular flexibility index (Phi) is 2.67. The Balaban J connectivity index is 2.26. The number of ether oxygens (including phenoxy) is 1. The molecule has 2 aromatic heterocycles. The third-order valence-electron chi connectivity index (χ3n) is 1.82. The van der Waals surface area contributed by atoms with Gasteiger partial charge >= 0.3 is 5.97 Å². The van der Waals surface area contributed by atoms with Gasteiger partial charge in [0.2, 0.25) is 5.76 Å². The lowest BCUT2D eigenvalue weighted by Gasteiger charge is -1.93. The monoisotopic (exact) mass is 223 g/mol. The Hall–Kier alpha value is -2.18. The minimum absolute atomic E-state index is 0.109. The van der Waals surface area contributed by atoms with Crippen LogP contribution in [0.25, 0.3) is 11.7 Å². The minimum atomic E-state index is -0.630. The fourth-order valence-corrected chi connectivity index (χ4v) is 1.10. The Labute approximate surface area is 90.4 Å². The molecule has 16 heavy (non-hydrogen) atoms. The van der Waals surface area contributed by atoms with E-state index in [4.69, 9.17) is 13.7 Å². The van der Waals surface area contributed by atoms with Crippen molar-refractivity contribution >= 4 is 5.97 Å². The van der Waals surface area contributed by atoms with E-state index in [2.05, 4.69) is 15.1 Å². The molecule has 7 nitrogen and oxygen atoms in total. The molecule has 0 atom stereocenters. The Bertz CT molecular complexity index is 502. The number of aryl methyl sites for hydroxylation is 1. The van der Waals surface area contributed by atoms with Crippen molar-refractivity contribution in [1.29, 1.82) is 0 Å². The van der Waals surface area contributed by atoms with E-state index in [0.29, 0.717) is 11.5 Å². The number of esters is 1. The number of carbonyl (C=O) groups is 1. The normalized spacial score (nSPS) is 10.4. The van der Waals surface area contributed by atoms with E-state index >= 15 is 0 Å². The van der Waals surface area contributed by atoms with Crippen molar-refractivity contribution in [1.82, 2.24) is 15.1 Å². The number of nitrogens with zero attached hydrogens (tertiary/aromatic N) is 3. The van der Waals surface area contributed by atoms with Gasteiger partial charge in [0, 0.05) is 0 Å². The summed E-state index contributed by atoms with van der Waals surface area (Å²) >= 11 is 0. The maximum absolute atomic E-state index is 11.3. The third-order valence-corrected chi connectivity index (χ3v) is 1.82. The molecule has 0 aromatic carbocycles. The van der Waals surface area contributed by atoms with Gasteiger partial charge in [-0.1, -0.05) is 0 Å². The van der Waals surface area contributed by atoms with E-state index in [1.807, 2.05) is 0 Å². The summed E-state index contributed by atoms with van der Waals surface area (Å²) in [5, 5.41) is 3.48. The van der Waals surface area contributed by atoms with Crippen LogP contribution in [0.1, 0.15) is 23.2 Å². The fraction of sp³-hybridized carbons (Fsp3) is 0.333. The highest BCUT2D eigenvalue weighted by Crippen LogP contribution is 2.20. The van der Waals surface area contributed by atoms with E-state index in [-0.39, 0.29) is 18.3 Å². The molecule has 0 bridgehead atoms. The Morgan fingerprint density at radius 3 is 3.00 bits per heavy atom. The lowest BCUT2D eigenvalue weighted by atomic mass is 10.4. The van der Waals surface area contributed by atoms with Crippen molar-refractivity contribution in [2.24, 2.45) is 0 Å². The van der Waals surface area contributed by atoms with Gasteiger partial charge in [-0.05, 0) is 19.0 Å². The maximum atomic E-state index is 11.3. The van der Waals surface area contributed by atoms with Gasteiger partial charge in [-0.25, -0.2) is 9.78 Å². The van der Waals surface area contributed by atoms with Gasteiger partial charge in [0.1, 0.15) is 0 Å². The molecule has 2 rings (SSSR count). The summed E-state index contributed by atoms with van der Waals surface area (Å²) in [6.07, 6.45) is 1.26. The highest BCUT2D eigenvalue weighted by Gasteiger charge is 2.19. The second-order valence-corrected chi connectivity index (χ2v) is 2.91. The SMILES string of the molecule is CCOC(=O)c1noc(-c2ocnc2C)n1. The van der Waals surface area contributed by atoms with E-state index in [0.717, 1.165) is 0 Å². The van der Waals surface area contributed by atoms with E-state index in [9.17, 15) is 4.79 Å². The Morgan fingerprint density at radius 2 is 2.38 bits per heavy atom. The number of aromatic nitrogens is 3. The molecule has 84 valence electrons. The van der Waals surface area contributed by atoms with Crippen molar-refractivity contribution < 1.29 is 18.5 Å². The number of carbonyl (C=O) groups excluding carboxylic acids is 1. The first-order valence-electron chi connectivity index (χ1n) is 4.63. The van der Waals surface area contributed by atoms with Crippen molar-refractivity contribution in [3.05, 3.63) is 17.9 Å². The predicted molar refractivity (Wildman–Crippen MR) is 50.5 cm³/mol. The van der Waals surface area contributed by atoms with Crippen LogP contribution >= 0.6 is 0 Å². The molecule has 0 amide bonds. The molecular weight excluding hydrogens is 214 g/mol. The second-order valence-electron chi connectivity index (χ2n) is 2.91. The molecule has 0 aliphatic heterocycles. The summed E-state index contributed by atoms with van der Waals surface area (Å²) in [4.78, 5) is 19.0. The topological polar surface area (TPSA) is 91.2 Å². The van der Waals surface area contributed by atoms with Crippen molar-refractivity contribution in [2.75, 3.05) is 6.61 Å². The van der Waals surface area contributed by atoms with Crippen molar-refractivity contribution in [3.8, 4) is 11.7 Å². The summed E-state index contributed by atoms with van der Waals surface area (Å²) in [6.45, 7) is 3.68. The molecule has 0 saturated carbocycles. The molecule has 0 aliphatic rings. The fourth-order valence-electron chi connectivity index (χ4n) is 1.10. The van der Waals surface area contributed by atoms with Crippen LogP contribution in [0.3, 0.4) is 0 Å². The zero-order chi connectivity index (χ0) is 11.5. The molecule has 0 saturated heterocycles. The highest BCUT2D eigenvalue weighted by molar-refractivity contribution is 5.85. The number of rotatable bonds is 3. The summed E-state index contributed by atoms with van der Waals surface area (Å²) in [6, 6.07) is 0. The van der Waals surface area contributed by atoms with Gasteiger partial charge in [0.05, 0.1) is 12.3 Å². The maximum Gasteiger partial charge on any atom is 0.379 e. The largest absolute Gasteiger partial charge is 0.460 e. The van der Waals surface area contributed by atoms with E-state index in [1.165, 1.54) is 6.39 Å². The first-order chi connectivity index (χ1) is 7.72. The highest BCUT2D eigenvalue weighted by atomic mass is 16.5. The molecule has 2 aromatic rings. The third kappa shape index (κ3) is 1.79. The molecule has 0 unspecified atom stereocenters. The van der Waals surface area contributed by atoms with Crippen LogP contribution in [0.4, 0.5) is 0 Å². The zero-order valence-electron chi connectivity index (χ0n) is 8.76. The molecule has 0 radical (unpaired) electrons. The average molecular weight is 223 g/mol. The van der Waals surface area contributed by atoms with Gasteiger partial charge in [-0.3, -0.25) is 0 Å². The summed E-state index contributed by atoms with van der Waals surface area (Å²) in [5.74, 6) is -0.302. The van der Waals surface area contributed by atoms with Gasteiger partial charge < -0.3 is 13.7 Å². The van der Waals surface area contributed by atoms with Crippen LogP contribution in [0, 0.1) is 6.92 Å². The molecule has 0 spiro atoms. The first kappa shape index (κ1) is 10.3. The molecular formula is C9H9N3O4. The van der Waals surface area contributed by atoms with Crippen LogP contribution in [0.5, 0.6) is 0 Å². The minimum Gasteiger partial charge on any atom is -0.460 e. The number of oxazole rings is 1. The Morgan fingerprint density at radius 1 is 1.56 bits per heavy atom. The second kappa shape index (κ2) is 4.13. The van der Waals surface area contributed by atoms with Crippen LogP contribution in [0.2, 0.25) is 0 Å². The van der Waals surface area contributed by atoms with Gasteiger partial charge in [0.15, 0.2) is 6.39 Å². The van der Waals surface area contributed by atoms with Crippen molar-refractivity contribution in [2.45, 2.75) is 13.8 Å². The van der Waals surface area contributed by atoms with E-state index in [1.54, 1.807) is 13.8 Å². The van der Waals surface area contributed by atoms with Crippen LogP contribution in [0.15, 0.2) is 15.3 Å². The molecule has 2 heterocycles. The van der Waals surface area contributed by atoms with E-state index < -0.39 is 5.97 Å². The summed E-state index contributed by atoms with van der Waals surface area (Å²) in [5.41, 5.74) is 0.610. The van der Waals surface area contributed by atoms with Gasteiger partial charge in [-0.2, -0.15) is 4.98 Å². The molecule has 0 N–H and O–H groups in total. The average Bonchev–Trinajstić information content (AvgIpc) is 2.86. The summed E-state index contributed by atoms with van der Waals surface area (Å²) in [7, 11) is 0. The first-order valence-corrected chi connectivity index (χ1v) is 4.63. The van der Waals surface area contributed by atoms with Crippen LogP contribution in [-0.4, -0.2) is 27.7 Å². The molecule has 0 aliphatic carbocycles. The van der Waals surface area contributed by atoms with Gasteiger partial charge in [-0.15, -0.1) is 0 Å². The standard InChI is InChI=1S/C9H9N3O4/c1-3-14-9(13)7-11-8(16-12-7)6-5(2)10-4-15-6/h4H,3H2,1-2H3. The lowest BCUT2D eigenvalue weighted by molar-refractivity contribution is 0.0508. The molecule has 7 heteroatoms.